The van der Waals surface area contributed by atoms with E-state index in [0.29, 0.717) is 17.5 Å². The molecule has 3 heteroatoms. The third-order valence-electron chi connectivity index (χ3n) is 11.9. The highest BCUT2D eigenvalue weighted by Gasteiger charge is 2.37. The molecular formula is C54H37N3. The highest BCUT2D eigenvalue weighted by molar-refractivity contribution is 6.23. The van der Waals surface area contributed by atoms with E-state index in [1.807, 2.05) is 60.7 Å². The van der Waals surface area contributed by atoms with Gasteiger partial charge in [-0.3, -0.25) is 0 Å². The molecule has 1 aliphatic rings. The van der Waals surface area contributed by atoms with Crippen molar-refractivity contribution >= 4 is 32.3 Å². The van der Waals surface area contributed by atoms with E-state index in [1.54, 1.807) is 0 Å². The van der Waals surface area contributed by atoms with Gasteiger partial charge in [0.25, 0.3) is 0 Å². The molecule has 0 radical (unpaired) electrons. The van der Waals surface area contributed by atoms with Crippen molar-refractivity contribution in [2.75, 3.05) is 0 Å². The summed E-state index contributed by atoms with van der Waals surface area (Å²) < 4.78 is 0. The summed E-state index contributed by atoms with van der Waals surface area (Å²) >= 11 is 0. The second-order valence-electron chi connectivity index (χ2n) is 15.6. The molecule has 0 amide bonds. The number of hydrogen-bond donors (Lipinski definition) is 0. The predicted molar refractivity (Wildman–Crippen MR) is 237 cm³/mol. The first-order valence-corrected chi connectivity index (χ1v) is 19.6. The van der Waals surface area contributed by atoms with Crippen LogP contribution in [0, 0.1) is 0 Å². The summed E-state index contributed by atoms with van der Waals surface area (Å²) in [7, 11) is 0. The molecular weight excluding hydrogens is 691 g/mol. The number of benzene rings is 9. The topological polar surface area (TPSA) is 38.7 Å². The molecule has 0 unspecified atom stereocenters. The Morgan fingerprint density at radius 1 is 0.333 bits per heavy atom. The van der Waals surface area contributed by atoms with Crippen LogP contribution in [0.4, 0.5) is 0 Å². The highest BCUT2D eigenvalue weighted by Crippen LogP contribution is 2.53. The molecule has 57 heavy (non-hydrogen) atoms. The van der Waals surface area contributed by atoms with E-state index in [9.17, 15) is 0 Å². The van der Waals surface area contributed by atoms with Crippen molar-refractivity contribution < 1.29 is 0 Å². The van der Waals surface area contributed by atoms with Gasteiger partial charge >= 0.3 is 0 Å². The van der Waals surface area contributed by atoms with Gasteiger partial charge in [-0.25, -0.2) is 15.0 Å². The first-order chi connectivity index (χ1) is 28.0. The van der Waals surface area contributed by atoms with Crippen LogP contribution in [-0.2, 0) is 5.41 Å². The minimum absolute atomic E-state index is 0.108. The van der Waals surface area contributed by atoms with Gasteiger partial charge in [0.1, 0.15) is 0 Å². The third kappa shape index (κ3) is 5.38. The molecule has 0 fully saturated rings. The van der Waals surface area contributed by atoms with E-state index < -0.39 is 0 Å². The van der Waals surface area contributed by atoms with E-state index in [1.165, 1.54) is 65.7 Å². The second-order valence-corrected chi connectivity index (χ2v) is 15.6. The molecule has 3 nitrogen and oxygen atoms in total. The maximum atomic E-state index is 5.02. The van der Waals surface area contributed by atoms with Crippen molar-refractivity contribution in [3.8, 4) is 67.5 Å². The average molecular weight is 728 g/mol. The Balaban J connectivity index is 1.04. The maximum absolute atomic E-state index is 5.02. The number of nitrogens with zero attached hydrogens (tertiary/aromatic N) is 3. The van der Waals surface area contributed by atoms with E-state index in [-0.39, 0.29) is 5.41 Å². The van der Waals surface area contributed by atoms with Crippen LogP contribution in [0.15, 0.2) is 188 Å². The molecule has 0 bridgehead atoms. The molecule has 0 saturated carbocycles. The zero-order valence-corrected chi connectivity index (χ0v) is 31.7. The Kier molecular flexibility index (Phi) is 7.52. The Morgan fingerprint density at radius 3 is 1.49 bits per heavy atom. The number of rotatable bonds is 5. The van der Waals surface area contributed by atoms with Gasteiger partial charge in [0.2, 0.25) is 0 Å². The van der Waals surface area contributed by atoms with Gasteiger partial charge < -0.3 is 0 Å². The molecule has 9 aromatic carbocycles. The predicted octanol–water partition coefficient (Wildman–Crippen LogP) is 14.0. The van der Waals surface area contributed by atoms with Crippen molar-refractivity contribution in [1.82, 2.24) is 15.0 Å². The fourth-order valence-corrected chi connectivity index (χ4v) is 9.16. The number of fused-ring (bicyclic) bond motifs is 9. The van der Waals surface area contributed by atoms with Gasteiger partial charge in [0.05, 0.1) is 0 Å². The van der Waals surface area contributed by atoms with Crippen LogP contribution in [-0.4, -0.2) is 15.0 Å². The van der Waals surface area contributed by atoms with Crippen LogP contribution in [0.2, 0.25) is 0 Å². The van der Waals surface area contributed by atoms with E-state index in [2.05, 4.69) is 141 Å². The van der Waals surface area contributed by atoms with Gasteiger partial charge in [0.15, 0.2) is 17.5 Å². The quantitative estimate of drug-likeness (QED) is 0.166. The SMILES string of the molecule is CC1(C)c2ccccc2-c2ccc3ccc4ccc5cc(-c6ccccc6-c6cccc(-c7nc(-c8ccccc8)nc(-c8ccccc8)n7)c6)ccc5c4c3c21. The Morgan fingerprint density at radius 2 is 0.825 bits per heavy atom. The van der Waals surface area contributed by atoms with E-state index in [4.69, 9.17) is 15.0 Å². The molecule has 0 aliphatic heterocycles. The van der Waals surface area contributed by atoms with Gasteiger partial charge in [-0.15, -0.1) is 0 Å². The lowest BCUT2D eigenvalue weighted by molar-refractivity contribution is 0.666. The standard InChI is InChI=1S/C54H37N3/c1-54(2)47-23-12-11-22-45(47)46-31-28-35-25-24-34-26-27-40-32-39(29-30-44(40)48(34)49(35)50(46)54)43-21-10-9-20-42(43)38-18-13-19-41(33-38)53-56-51(36-14-5-3-6-15-36)55-52(57-53)37-16-7-4-8-17-37/h3-33H,1-2H3. The molecule has 1 aliphatic carbocycles. The molecule has 268 valence electrons. The van der Waals surface area contributed by atoms with E-state index >= 15 is 0 Å². The van der Waals surface area contributed by atoms with Crippen molar-refractivity contribution in [1.29, 1.82) is 0 Å². The molecule has 1 aromatic heterocycles. The van der Waals surface area contributed by atoms with Crippen LogP contribution in [0.3, 0.4) is 0 Å². The lowest BCUT2D eigenvalue weighted by atomic mass is 9.79. The minimum Gasteiger partial charge on any atom is -0.208 e. The maximum Gasteiger partial charge on any atom is 0.164 e. The van der Waals surface area contributed by atoms with Gasteiger partial charge in [0, 0.05) is 22.1 Å². The Hall–Kier alpha value is -7.23. The van der Waals surface area contributed by atoms with Gasteiger partial charge in [-0.1, -0.05) is 190 Å². The van der Waals surface area contributed by atoms with Crippen LogP contribution in [0.1, 0.15) is 25.0 Å². The smallest absolute Gasteiger partial charge is 0.164 e. The van der Waals surface area contributed by atoms with Gasteiger partial charge in [-0.2, -0.15) is 0 Å². The molecule has 0 N–H and O–H groups in total. The van der Waals surface area contributed by atoms with Crippen molar-refractivity contribution in [3.05, 3.63) is 199 Å². The first-order valence-electron chi connectivity index (χ1n) is 19.6. The summed E-state index contributed by atoms with van der Waals surface area (Å²) in [6, 6.07) is 67.3. The fourth-order valence-electron chi connectivity index (χ4n) is 9.16. The summed E-state index contributed by atoms with van der Waals surface area (Å²) in [6.45, 7) is 4.77. The molecule has 1 heterocycles. The summed E-state index contributed by atoms with van der Waals surface area (Å²) in [5.74, 6) is 1.95. The van der Waals surface area contributed by atoms with Crippen molar-refractivity contribution in [2.45, 2.75) is 19.3 Å². The molecule has 11 rings (SSSR count). The molecule has 0 spiro atoms. The fraction of sp³-hybridized carbons (Fsp3) is 0.0556. The zero-order chi connectivity index (χ0) is 38.1. The highest BCUT2D eigenvalue weighted by atomic mass is 15.0. The monoisotopic (exact) mass is 727 g/mol. The summed E-state index contributed by atoms with van der Waals surface area (Å²) in [5.41, 5.74) is 12.9. The van der Waals surface area contributed by atoms with Crippen molar-refractivity contribution in [2.24, 2.45) is 0 Å². The second kappa shape index (κ2) is 12.9. The summed E-state index contributed by atoms with van der Waals surface area (Å²) in [6.07, 6.45) is 0. The molecule has 0 atom stereocenters. The Bertz CT molecular complexity index is 3140. The van der Waals surface area contributed by atoms with Gasteiger partial charge in [-0.05, 0) is 89.0 Å². The largest absolute Gasteiger partial charge is 0.208 e. The minimum atomic E-state index is -0.108. The third-order valence-corrected chi connectivity index (χ3v) is 11.9. The van der Waals surface area contributed by atoms with Crippen LogP contribution < -0.4 is 0 Å². The van der Waals surface area contributed by atoms with E-state index in [0.717, 1.165) is 27.8 Å². The average Bonchev–Trinajstić information content (AvgIpc) is 3.52. The van der Waals surface area contributed by atoms with Crippen molar-refractivity contribution in [3.63, 3.8) is 0 Å². The molecule has 10 aromatic rings. The summed E-state index contributed by atoms with van der Waals surface area (Å²) in [5, 5.41) is 7.76. The number of hydrogen-bond acceptors (Lipinski definition) is 3. The summed E-state index contributed by atoms with van der Waals surface area (Å²) in [4.78, 5) is 14.9. The zero-order valence-electron chi connectivity index (χ0n) is 31.7. The lowest BCUT2D eigenvalue weighted by Crippen LogP contribution is -2.15. The van der Waals surface area contributed by atoms with Crippen LogP contribution >= 0.6 is 0 Å². The normalized spacial score (nSPS) is 12.9. The number of aromatic nitrogens is 3. The lowest BCUT2D eigenvalue weighted by Gasteiger charge is -2.24. The first kappa shape index (κ1) is 33.1. The molecule has 0 saturated heterocycles. The van der Waals surface area contributed by atoms with Crippen LogP contribution in [0.5, 0.6) is 0 Å². The van der Waals surface area contributed by atoms with Crippen LogP contribution in [0.25, 0.3) is 99.9 Å². The Labute approximate surface area is 332 Å².